The van der Waals surface area contributed by atoms with Crippen molar-refractivity contribution in [2.24, 2.45) is 0 Å². The van der Waals surface area contributed by atoms with Crippen molar-refractivity contribution in [2.75, 3.05) is 0 Å². The smallest absolute Gasteiger partial charge is 0.313 e. The fourth-order valence-corrected chi connectivity index (χ4v) is 4.97. The first-order valence-corrected chi connectivity index (χ1v) is 10.1. The van der Waals surface area contributed by atoms with Crippen molar-refractivity contribution in [3.63, 3.8) is 0 Å². The molecule has 7 heteroatoms. The van der Waals surface area contributed by atoms with Crippen LogP contribution in [0.3, 0.4) is 0 Å². The zero-order valence-electron chi connectivity index (χ0n) is 12.8. The van der Waals surface area contributed by atoms with Crippen LogP contribution < -0.4 is 9.46 Å². The van der Waals surface area contributed by atoms with E-state index in [-0.39, 0.29) is 5.52 Å². The molecule has 0 amide bonds. The SMILES string of the molecule is [O-][n+]1c(-c2ccc(Br)cc2)c([SH]2C=CC=C2)[n+]([O-])c2ccc(Cl)cc21. The van der Waals surface area contributed by atoms with E-state index in [0.717, 1.165) is 13.9 Å². The van der Waals surface area contributed by atoms with Crippen LogP contribution in [0.15, 0.2) is 74.9 Å². The molecule has 126 valence electrons. The maximum Gasteiger partial charge on any atom is 0.313 e. The Kier molecular flexibility index (Phi) is 4.19. The molecule has 2 heterocycles. The number of aromatic nitrogens is 2. The van der Waals surface area contributed by atoms with Gasteiger partial charge in [0.05, 0.1) is 5.56 Å². The van der Waals surface area contributed by atoms with Crippen molar-refractivity contribution in [3.8, 4) is 11.3 Å². The fourth-order valence-electron chi connectivity index (χ4n) is 2.81. The molecule has 0 saturated carbocycles. The van der Waals surface area contributed by atoms with Crippen molar-refractivity contribution >= 4 is 49.5 Å². The van der Waals surface area contributed by atoms with Crippen LogP contribution in [0.1, 0.15) is 0 Å². The fraction of sp³-hybridized carbons (Fsp3) is 0. The topological polar surface area (TPSA) is 53.9 Å². The number of allylic oxidation sites excluding steroid dienone is 2. The Hall–Kier alpha value is -2.02. The van der Waals surface area contributed by atoms with Crippen molar-refractivity contribution in [1.29, 1.82) is 0 Å². The quantitative estimate of drug-likeness (QED) is 0.364. The van der Waals surface area contributed by atoms with Gasteiger partial charge in [-0.15, -0.1) is 15.6 Å². The van der Waals surface area contributed by atoms with Gasteiger partial charge in [-0.05, 0) is 41.1 Å². The Morgan fingerprint density at radius 2 is 1.56 bits per heavy atom. The number of hydrogen-bond acceptors (Lipinski definition) is 2. The average Bonchev–Trinajstić information content (AvgIpc) is 3.13. The third-order valence-corrected chi connectivity index (χ3v) is 6.58. The normalized spacial score (nSPS) is 14.6. The van der Waals surface area contributed by atoms with E-state index in [1.54, 1.807) is 12.1 Å². The molecule has 0 spiro atoms. The summed E-state index contributed by atoms with van der Waals surface area (Å²) in [5.41, 5.74) is 1.62. The van der Waals surface area contributed by atoms with E-state index in [9.17, 15) is 10.4 Å². The van der Waals surface area contributed by atoms with E-state index < -0.39 is 10.9 Å². The Balaban J connectivity index is 2.12. The minimum Gasteiger partial charge on any atom is -0.617 e. The van der Waals surface area contributed by atoms with Crippen LogP contribution in [0.4, 0.5) is 0 Å². The molecule has 1 aliphatic rings. The van der Waals surface area contributed by atoms with Crippen LogP contribution in [0.5, 0.6) is 0 Å². The van der Waals surface area contributed by atoms with E-state index in [4.69, 9.17) is 11.6 Å². The second-order valence-electron chi connectivity index (χ2n) is 5.49. The zero-order valence-corrected chi connectivity index (χ0v) is 16.0. The summed E-state index contributed by atoms with van der Waals surface area (Å²) in [6, 6.07) is 12.1. The largest absolute Gasteiger partial charge is 0.617 e. The number of nitrogens with zero attached hydrogens (tertiary/aromatic N) is 2. The third kappa shape index (κ3) is 2.80. The van der Waals surface area contributed by atoms with E-state index in [0.29, 0.717) is 26.8 Å². The summed E-state index contributed by atoms with van der Waals surface area (Å²) in [5, 5.41) is 31.1. The minimum atomic E-state index is -0.986. The Morgan fingerprint density at radius 3 is 2.24 bits per heavy atom. The summed E-state index contributed by atoms with van der Waals surface area (Å²) in [4.78, 5) is 0. The molecule has 4 nitrogen and oxygen atoms in total. The van der Waals surface area contributed by atoms with Gasteiger partial charge in [0.15, 0.2) is 0 Å². The van der Waals surface area contributed by atoms with Gasteiger partial charge < -0.3 is 10.4 Å². The molecular weight excluding hydrogens is 424 g/mol. The molecular formula is C18H12BrClN2O2S. The number of benzene rings is 2. The van der Waals surface area contributed by atoms with Crippen LogP contribution >= 0.6 is 38.4 Å². The molecule has 0 saturated heterocycles. The third-order valence-electron chi connectivity index (χ3n) is 3.95. The highest BCUT2D eigenvalue weighted by atomic mass is 79.9. The molecule has 0 aliphatic carbocycles. The monoisotopic (exact) mass is 434 g/mol. The highest BCUT2D eigenvalue weighted by Gasteiger charge is 2.32. The first kappa shape index (κ1) is 16.4. The lowest BCUT2D eigenvalue weighted by atomic mass is 10.1. The van der Waals surface area contributed by atoms with Crippen LogP contribution in [-0.4, -0.2) is 0 Å². The van der Waals surface area contributed by atoms with Gasteiger partial charge >= 0.3 is 10.7 Å². The van der Waals surface area contributed by atoms with Crippen LogP contribution in [-0.2, 0) is 0 Å². The first-order valence-electron chi connectivity index (χ1n) is 7.44. The maximum atomic E-state index is 13.2. The van der Waals surface area contributed by atoms with E-state index in [1.807, 2.05) is 47.2 Å². The Morgan fingerprint density at radius 1 is 0.880 bits per heavy atom. The van der Waals surface area contributed by atoms with Crippen molar-refractivity contribution in [1.82, 2.24) is 0 Å². The molecule has 25 heavy (non-hydrogen) atoms. The highest BCUT2D eigenvalue weighted by molar-refractivity contribution is 9.10. The number of rotatable bonds is 2. The van der Waals surface area contributed by atoms with Crippen LogP contribution in [0, 0.1) is 10.4 Å². The zero-order chi connectivity index (χ0) is 17.6. The Bertz CT molecular complexity index is 1040. The molecule has 3 aromatic rings. The summed E-state index contributed by atoms with van der Waals surface area (Å²) >= 11 is 9.44. The summed E-state index contributed by atoms with van der Waals surface area (Å²) in [7, 11) is -0.986. The lowest BCUT2D eigenvalue weighted by Gasteiger charge is -2.17. The highest BCUT2D eigenvalue weighted by Crippen LogP contribution is 2.44. The van der Waals surface area contributed by atoms with Gasteiger partial charge in [0.1, 0.15) is 0 Å². The van der Waals surface area contributed by atoms with Crippen molar-refractivity contribution in [3.05, 3.63) is 85.3 Å². The molecule has 2 aromatic carbocycles. The van der Waals surface area contributed by atoms with Gasteiger partial charge in [0, 0.05) is 21.6 Å². The molecule has 0 bridgehead atoms. The van der Waals surface area contributed by atoms with Gasteiger partial charge in [0.25, 0.3) is 11.0 Å². The summed E-state index contributed by atoms with van der Waals surface area (Å²) in [5.74, 6) is 0. The van der Waals surface area contributed by atoms with Gasteiger partial charge in [-0.1, -0.05) is 39.7 Å². The predicted molar refractivity (Wildman–Crippen MR) is 106 cm³/mol. The number of fused-ring (bicyclic) bond motifs is 1. The van der Waals surface area contributed by atoms with Gasteiger partial charge in [-0.25, -0.2) is 0 Å². The lowest BCUT2D eigenvalue weighted by molar-refractivity contribution is -0.653. The first-order chi connectivity index (χ1) is 12.1. The molecule has 0 atom stereocenters. The van der Waals surface area contributed by atoms with Crippen LogP contribution in [0.2, 0.25) is 5.02 Å². The molecule has 0 N–H and O–H groups in total. The molecule has 4 rings (SSSR count). The standard InChI is InChI=1S/C18H12BrClN2O2S/c19-13-5-3-12(4-6-13)17-18(25-9-1-2-10-25)22(24)15-8-7-14(20)11-16(15)21(17)23/h1-11,25H. The summed E-state index contributed by atoms with van der Waals surface area (Å²) in [6.45, 7) is 0. The summed E-state index contributed by atoms with van der Waals surface area (Å²) < 4.78 is 2.58. The molecule has 0 fully saturated rings. The summed E-state index contributed by atoms with van der Waals surface area (Å²) in [6.07, 6.45) is 3.80. The minimum absolute atomic E-state index is 0.256. The molecule has 1 aliphatic heterocycles. The number of hydrogen-bond donors (Lipinski definition) is 1. The van der Waals surface area contributed by atoms with Gasteiger partial charge in [-0.3, -0.25) is 0 Å². The molecule has 0 unspecified atom stereocenters. The molecule has 0 radical (unpaired) electrons. The van der Waals surface area contributed by atoms with Crippen LogP contribution in [0.25, 0.3) is 22.3 Å². The molecule has 1 aromatic heterocycles. The Labute approximate surface area is 160 Å². The number of halogens is 2. The maximum absolute atomic E-state index is 13.2. The van der Waals surface area contributed by atoms with Crippen molar-refractivity contribution < 1.29 is 9.46 Å². The number of thiol groups is 1. The second-order valence-corrected chi connectivity index (χ2v) is 8.68. The van der Waals surface area contributed by atoms with Gasteiger partial charge in [-0.2, -0.15) is 4.73 Å². The van der Waals surface area contributed by atoms with E-state index in [2.05, 4.69) is 15.9 Å². The lowest BCUT2D eigenvalue weighted by Crippen LogP contribution is -2.42. The van der Waals surface area contributed by atoms with Gasteiger partial charge in [0.2, 0.25) is 0 Å². The van der Waals surface area contributed by atoms with Crippen molar-refractivity contribution in [2.45, 2.75) is 5.03 Å². The van der Waals surface area contributed by atoms with E-state index >= 15 is 0 Å². The average molecular weight is 436 g/mol. The predicted octanol–water partition coefficient (Wildman–Crippen LogP) is 4.59. The van der Waals surface area contributed by atoms with E-state index in [1.165, 1.54) is 6.07 Å². The second kappa shape index (κ2) is 6.37.